The molecule has 2 nitrogen and oxygen atoms in total. The Morgan fingerprint density at radius 2 is 1.80 bits per heavy atom. The Bertz CT molecular complexity index is 202. The molecule has 0 spiro atoms. The molecule has 0 aliphatic carbocycles. The van der Waals surface area contributed by atoms with Gasteiger partial charge < -0.3 is 11.1 Å². The molecule has 3 N–H and O–H groups in total. The average molecular weight is 230 g/mol. The summed E-state index contributed by atoms with van der Waals surface area (Å²) in [6.45, 7) is 12.8. The van der Waals surface area contributed by atoms with E-state index in [2.05, 4.69) is 39.1 Å². The van der Waals surface area contributed by atoms with Crippen molar-refractivity contribution >= 4 is 11.8 Å². The number of nitrogens with one attached hydrogen (secondary N) is 1. The number of hydrogen-bond donors (Lipinski definition) is 2. The molecule has 0 aliphatic heterocycles. The lowest BCUT2D eigenvalue weighted by molar-refractivity contribution is 0.610. The van der Waals surface area contributed by atoms with Crippen molar-refractivity contribution < 1.29 is 0 Å². The smallest absolute Gasteiger partial charge is 0.0789 e. The summed E-state index contributed by atoms with van der Waals surface area (Å²) in [5.41, 5.74) is 5.97. The Hall–Kier alpha value is -0.150. The highest BCUT2D eigenvalue weighted by Crippen LogP contribution is 2.30. The van der Waals surface area contributed by atoms with E-state index in [1.165, 1.54) is 0 Å². The van der Waals surface area contributed by atoms with Crippen LogP contribution in [0.25, 0.3) is 0 Å². The van der Waals surface area contributed by atoms with E-state index in [1.54, 1.807) is 11.8 Å². The van der Waals surface area contributed by atoms with Gasteiger partial charge in [-0.25, -0.2) is 0 Å². The van der Waals surface area contributed by atoms with Crippen LogP contribution in [0.1, 0.15) is 48.0 Å². The summed E-state index contributed by atoms with van der Waals surface area (Å²) >= 11 is 1.73. The molecule has 0 saturated heterocycles. The summed E-state index contributed by atoms with van der Waals surface area (Å²) in [5.74, 6) is 0.713. The third-order valence-electron chi connectivity index (χ3n) is 1.67. The van der Waals surface area contributed by atoms with Crippen LogP contribution in [0, 0.1) is 5.92 Å². The minimum Gasteiger partial charge on any atom is -0.377 e. The van der Waals surface area contributed by atoms with E-state index in [0.29, 0.717) is 5.92 Å². The number of hydrogen-bond acceptors (Lipinski definition) is 3. The largest absolute Gasteiger partial charge is 0.377 e. The highest BCUT2D eigenvalue weighted by Gasteiger charge is 2.24. The van der Waals surface area contributed by atoms with Crippen LogP contribution in [-0.2, 0) is 0 Å². The second-order valence-corrected chi connectivity index (χ2v) is 7.67. The van der Waals surface area contributed by atoms with Gasteiger partial charge in [0.1, 0.15) is 0 Å². The fraction of sp³-hybridized carbons (Fsp3) is 0.833. The van der Waals surface area contributed by atoms with E-state index < -0.39 is 0 Å². The quantitative estimate of drug-likeness (QED) is 0.688. The van der Waals surface area contributed by atoms with E-state index in [9.17, 15) is 0 Å². The maximum absolute atomic E-state index is 5.97. The van der Waals surface area contributed by atoms with Crippen molar-refractivity contribution in [2.75, 3.05) is 0 Å². The van der Waals surface area contributed by atoms with Crippen LogP contribution in [-0.4, -0.2) is 9.74 Å². The monoisotopic (exact) mass is 230 g/mol. The van der Waals surface area contributed by atoms with E-state index >= 15 is 0 Å². The van der Waals surface area contributed by atoms with Gasteiger partial charge in [-0.2, -0.15) is 0 Å². The third-order valence-corrected chi connectivity index (χ3v) is 2.83. The Kier molecular flexibility index (Phi) is 5.75. The van der Waals surface area contributed by atoms with Gasteiger partial charge in [0.15, 0.2) is 0 Å². The summed E-state index contributed by atoms with van der Waals surface area (Å²) in [7, 11) is 0. The Morgan fingerprint density at radius 3 is 2.20 bits per heavy atom. The van der Waals surface area contributed by atoms with Crippen LogP contribution < -0.4 is 11.1 Å². The van der Waals surface area contributed by atoms with Crippen molar-refractivity contribution in [2.24, 2.45) is 11.7 Å². The Morgan fingerprint density at radius 1 is 1.27 bits per heavy atom. The average Bonchev–Trinajstić information content (AvgIpc) is 1.93. The van der Waals surface area contributed by atoms with Crippen LogP contribution in [0.15, 0.2) is 12.3 Å². The van der Waals surface area contributed by atoms with Gasteiger partial charge >= 0.3 is 0 Å². The van der Waals surface area contributed by atoms with Gasteiger partial charge in [-0.1, -0.05) is 19.9 Å². The predicted molar refractivity (Wildman–Crippen MR) is 71.7 cm³/mol. The molecule has 90 valence electrons. The molecule has 0 atom stereocenters. The van der Waals surface area contributed by atoms with Crippen molar-refractivity contribution in [1.82, 2.24) is 5.32 Å². The number of allylic oxidation sites excluding steroid dienone is 1. The van der Waals surface area contributed by atoms with Gasteiger partial charge in [-0.15, -0.1) is 11.8 Å². The molecule has 0 fully saturated rings. The molecule has 0 heterocycles. The summed E-state index contributed by atoms with van der Waals surface area (Å²) < 4.78 is 0. The molecule has 0 unspecified atom stereocenters. The Balaban J connectivity index is 3.99. The van der Waals surface area contributed by atoms with E-state index in [4.69, 9.17) is 5.73 Å². The normalized spacial score (nSPS) is 13.9. The van der Waals surface area contributed by atoms with Gasteiger partial charge in [0.25, 0.3) is 0 Å². The highest BCUT2D eigenvalue weighted by molar-refractivity contribution is 8.01. The first kappa shape index (κ1) is 14.8. The second kappa shape index (κ2) is 5.80. The van der Waals surface area contributed by atoms with Crippen LogP contribution in [0.3, 0.4) is 0 Å². The molecule has 0 aromatic rings. The van der Waals surface area contributed by atoms with E-state index in [-0.39, 0.29) is 9.74 Å². The number of thioether (sulfide) groups is 1. The van der Waals surface area contributed by atoms with Crippen molar-refractivity contribution in [3.8, 4) is 0 Å². The fourth-order valence-corrected chi connectivity index (χ4v) is 2.73. The molecule has 0 rings (SSSR count). The topological polar surface area (TPSA) is 38.0 Å². The molecule has 15 heavy (non-hydrogen) atoms. The van der Waals surface area contributed by atoms with E-state index in [0.717, 1.165) is 6.42 Å². The van der Waals surface area contributed by atoms with Crippen LogP contribution in [0.5, 0.6) is 0 Å². The zero-order valence-corrected chi connectivity index (χ0v) is 11.7. The van der Waals surface area contributed by atoms with E-state index in [1.807, 2.05) is 20.0 Å². The van der Waals surface area contributed by atoms with Gasteiger partial charge in [0.2, 0.25) is 0 Å². The molecule has 0 bridgehead atoms. The first-order valence-electron chi connectivity index (χ1n) is 5.54. The zero-order chi connectivity index (χ0) is 12.1. The van der Waals surface area contributed by atoms with Crippen LogP contribution >= 0.6 is 11.8 Å². The predicted octanol–water partition coefficient (Wildman–Crippen LogP) is 3.30. The molecule has 3 heteroatoms. The molecular weight excluding hydrogens is 204 g/mol. The summed E-state index contributed by atoms with van der Waals surface area (Å²) in [6.07, 6.45) is 5.33. The molecule has 0 amide bonds. The second-order valence-electron chi connectivity index (χ2n) is 5.39. The van der Waals surface area contributed by atoms with Crippen molar-refractivity contribution in [3.63, 3.8) is 0 Å². The Labute approximate surface area is 99.1 Å². The molecule has 0 aromatic carbocycles. The van der Waals surface area contributed by atoms with Gasteiger partial charge in [0.05, 0.1) is 9.74 Å². The van der Waals surface area contributed by atoms with Gasteiger partial charge in [-0.05, 0) is 46.2 Å². The summed E-state index contributed by atoms with van der Waals surface area (Å²) in [4.78, 5) is -0.228. The maximum Gasteiger partial charge on any atom is 0.0789 e. The molecular formula is C12H26N2S. The molecule has 0 radical (unpaired) electrons. The minimum absolute atomic E-state index is 0.0221. The number of nitrogens with two attached hydrogens (primary N) is 1. The maximum atomic E-state index is 5.97. The molecule has 0 aliphatic rings. The van der Waals surface area contributed by atoms with Crippen molar-refractivity contribution in [1.29, 1.82) is 0 Å². The summed E-state index contributed by atoms with van der Waals surface area (Å²) in [6, 6.07) is 0. The lowest BCUT2D eigenvalue weighted by atomic mass is 10.1. The zero-order valence-electron chi connectivity index (χ0n) is 10.9. The van der Waals surface area contributed by atoms with Crippen molar-refractivity contribution in [2.45, 2.75) is 57.7 Å². The first-order chi connectivity index (χ1) is 6.62. The van der Waals surface area contributed by atoms with Crippen LogP contribution in [0.2, 0.25) is 0 Å². The molecule has 0 saturated carbocycles. The number of rotatable bonds is 6. The van der Waals surface area contributed by atoms with Crippen molar-refractivity contribution in [3.05, 3.63) is 12.3 Å². The summed E-state index contributed by atoms with van der Waals surface area (Å²) in [5, 5.41) is 3.37. The fourth-order valence-electron chi connectivity index (χ4n) is 1.29. The minimum atomic E-state index is -0.206. The van der Waals surface area contributed by atoms with Gasteiger partial charge in [0, 0.05) is 0 Å². The van der Waals surface area contributed by atoms with Crippen LogP contribution in [0.4, 0.5) is 0 Å². The van der Waals surface area contributed by atoms with Gasteiger partial charge in [-0.3, -0.25) is 0 Å². The lowest BCUT2D eigenvalue weighted by Crippen LogP contribution is -2.40. The first-order valence-corrected chi connectivity index (χ1v) is 6.36. The standard InChI is InChI=1S/C12H26N2S/c1-10(2)8-7-9-14-12(5,6)15-11(3,4)13/h7,9-10,14H,8,13H2,1-6H3/b9-7-. The molecule has 0 aromatic heterocycles. The lowest BCUT2D eigenvalue weighted by Gasteiger charge is -2.32. The highest BCUT2D eigenvalue weighted by atomic mass is 32.2. The SMILES string of the molecule is CC(C)C/C=C\NC(C)(C)SC(C)(C)N. The third kappa shape index (κ3) is 10.1.